The molecule has 5 heteroatoms. The summed E-state index contributed by atoms with van der Waals surface area (Å²) in [5, 5.41) is 0. The third kappa shape index (κ3) is 4.88. The molecule has 0 fully saturated rings. The Kier molecular flexibility index (Phi) is 5.85. The van der Waals surface area contributed by atoms with Crippen LogP contribution in [0.15, 0.2) is 24.3 Å². The Hall–Kier alpha value is -0.870. The molecule has 1 atom stereocenters. The van der Waals surface area contributed by atoms with Crippen LogP contribution in [0.3, 0.4) is 0 Å². The summed E-state index contributed by atoms with van der Waals surface area (Å²) in [5.74, 6) is 0.153. The molecule has 1 aromatic rings. The van der Waals surface area contributed by atoms with E-state index in [0.717, 1.165) is 5.56 Å². The molecule has 0 aliphatic carbocycles. The normalized spacial score (nSPS) is 13.1. The van der Waals surface area contributed by atoms with Gasteiger partial charge in [0.1, 0.15) is 5.75 Å². The van der Waals surface area contributed by atoms with Crippen molar-refractivity contribution in [3.05, 3.63) is 29.8 Å². The van der Waals surface area contributed by atoms with Gasteiger partial charge in [0.05, 0.1) is 0 Å². The number of ether oxygens (including phenoxy) is 1. The molecule has 2 N–H and O–H groups in total. The zero-order valence-corrected chi connectivity index (χ0v) is 10.9. The van der Waals surface area contributed by atoms with Gasteiger partial charge in [0.2, 0.25) is 0 Å². The summed E-state index contributed by atoms with van der Waals surface area (Å²) >= 11 is 0. The number of benzene rings is 1. The minimum Gasteiger partial charge on any atom is -0.435 e. The van der Waals surface area contributed by atoms with Crippen LogP contribution in [0, 0.1) is 5.41 Å². The molecule has 0 aliphatic heterocycles. The molecular weight excluding hydrogens is 248 g/mol. The molecule has 0 amide bonds. The summed E-state index contributed by atoms with van der Waals surface area (Å²) in [6.45, 7) is 3.30. The van der Waals surface area contributed by atoms with Gasteiger partial charge in [0.25, 0.3) is 0 Å². The molecule has 0 saturated heterocycles. The molecule has 0 heterocycles. The van der Waals surface area contributed by atoms with E-state index in [0.29, 0.717) is 0 Å². The van der Waals surface area contributed by atoms with Crippen molar-refractivity contribution in [3.63, 3.8) is 0 Å². The fraction of sp³-hybridized carbons (Fsp3) is 0.500. The van der Waals surface area contributed by atoms with E-state index in [2.05, 4.69) is 4.74 Å². The molecule has 0 spiro atoms. The molecule has 0 bridgehead atoms. The molecule has 0 saturated carbocycles. The lowest BCUT2D eigenvalue weighted by molar-refractivity contribution is -0.0498. The summed E-state index contributed by atoms with van der Waals surface area (Å²) in [7, 11) is 0. The van der Waals surface area contributed by atoms with Crippen LogP contribution in [0.25, 0.3) is 0 Å². The average molecular weight is 266 g/mol. The van der Waals surface area contributed by atoms with Crippen LogP contribution in [0.5, 0.6) is 5.75 Å². The van der Waals surface area contributed by atoms with Crippen LogP contribution < -0.4 is 10.5 Å². The third-order valence-corrected chi connectivity index (χ3v) is 2.40. The van der Waals surface area contributed by atoms with Gasteiger partial charge in [-0.05, 0) is 23.1 Å². The van der Waals surface area contributed by atoms with Crippen molar-refractivity contribution >= 4 is 12.4 Å². The maximum absolute atomic E-state index is 11.9. The number of nitrogens with two attached hydrogens (primary N) is 1. The first-order valence-electron chi connectivity index (χ1n) is 5.11. The number of hydrogen-bond donors (Lipinski definition) is 1. The molecule has 2 nitrogen and oxygen atoms in total. The first-order chi connectivity index (χ1) is 7.30. The highest BCUT2D eigenvalue weighted by molar-refractivity contribution is 5.85. The number of halogens is 3. The summed E-state index contributed by atoms with van der Waals surface area (Å²) in [6.07, 6.45) is 0. The van der Waals surface area contributed by atoms with Gasteiger partial charge in [-0.15, -0.1) is 12.4 Å². The van der Waals surface area contributed by atoms with Crippen LogP contribution in [0.1, 0.15) is 32.4 Å². The summed E-state index contributed by atoms with van der Waals surface area (Å²) in [5.41, 5.74) is 6.88. The molecule has 98 valence electrons. The third-order valence-electron chi connectivity index (χ3n) is 2.40. The second-order valence-corrected chi connectivity index (χ2v) is 4.79. The fourth-order valence-electron chi connectivity index (χ4n) is 1.36. The summed E-state index contributed by atoms with van der Waals surface area (Å²) < 4.78 is 28.1. The maximum atomic E-state index is 11.9. The van der Waals surface area contributed by atoms with E-state index in [-0.39, 0.29) is 29.6 Å². The maximum Gasteiger partial charge on any atom is 0.387 e. The molecule has 0 aliphatic rings. The average Bonchev–Trinajstić information content (AvgIpc) is 2.15. The lowest BCUT2D eigenvalue weighted by Crippen LogP contribution is -2.26. The van der Waals surface area contributed by atoms with E-state index >= 15 is 0 Å². The van der Waals surface area contributed by atoms with Gasteiger partial charge < -0.3 is 10.5 Å². The van der Waals surface area contributed by atoms with Crippen LogP contribution in [-0.4, -0.2) is 6.61 Å². The van der Waals surface area contributed by atoms with Crippen molar-refractivity contribution in [1.29, 1.82) is 0 Å². The molecule has 17 heavy (non-hydrogen) atoms. The Balaban J connectivity index is 0.00000256. The number of alkyl halides is 2. The Morgan fingerprint density at radius 1 is 1.12 bits per heavy atom. The highest BCUT2D eigenvalue weighted by Crippen LogP contribution is 2.31. The van der Waals surface area contributed by atoms with Crippen molar-refractivity contribution in [2.45, 2.75) is 33.4 Å². The summed E-state index contributed by atoms with van der Waals surface area (Å²) in [4.78, 5) is 0. The predicted molar refractivity (Wildman–Crippen MR) is 66.7 cm³/mol. The largest absolute Gasteiger partial charge is 0.435 e. The van der Waals surface area contributed by atoms with Gasteiger partial charge in [0, 0.05) is 6.04 Å². The van der Waals surface area contributed by atoms with E-state index in [4.69, 9.17) is 5.73 Å². The summed E-state index contributed by atoms with van der Waals surface area (Å²) in [6, 6.07) is 6.31. The second kappa shape index (κ2) is 6.17. The van der Waals surface area contributed by atoms with Crippen molar-refractivity contribution in [2.75, 3.05) is 0 Å². The lowest BCUT2D eigenvalue weighted by atomic mass is 9.83. The van der Waals surface area contributed by atoms with Crippen molar-refractivity contribution < 1.29 is 13.5 Å². The number of hydrogen-bond acceptors (Lipinski definition) is 2. The van der Waals surface area contributed by atoms with Gasteiger partial charge in [-0.3, -0.25) is 0 Å². The topological polar surface area (TPSA) is 35.2 Å². The molecule has 0 aromatic heterocycles. The zero-order valence-electron chi connectivity index (χ0n) is 10.1. The van der Waals surface area contributed by atoms with E-state index in [1.165, 1.54) is 12.1 Å². The Labute approximate surface area is 107 Å². The predicted octanol–water partition coefficient (Wildman–Crippen LogP) is 3.76. The van der Waals surface area contributed by atoms with Crippen LogP contribution in [0.2, 0.25) is 0 Å². The van der Waals surface area contributed by atoms with Gasteiger partial charge in [-0.2, -0.15) is 8.78 Å². The molecule has 1 rings (SSSR count). The van der Waals surface area contributed by atoms with E-state index in [1.807, 2.05) is 20.8 Å². The quantitative estimate of drug-likeness (QED) is 0.903. The zero-order chi connectivity index (χ0) is 12.3. The lowest BCUT2D eigenvalue weighted by Gasteiger charge is -2.27. The van der Waals surface area contributed by atoms with Crippen LogP contribution in [-0.2, 0) is 0 Å². The Bertz CT molecular complexity index is 335. The van der Waals surface area contributed by atoms with Gasteiger partial charge in [-0.1, -0.05) is 32.9 Å². The first-order valence-corrected chi connectivity index (χ1v) is 5.11. The van der Waals surface area contributed by atoms with Crippen molar-refractivity contribution in [1.82, 2.24) is 0 Å². The highest BCUT2D eigenvalue weighted by Gasteiger charge is 2.22. The molecule has 1 aromatic carbocycles. The monoisotopic (exact) mass is 265 g/mol. The second-order valence-electron chi connectivity index (χ2n) is 4.79. The highest BCUT2D eigenvalue weighted by atomic mass is 35.5. The van der Waals surface area contributed by atoms with Gasteiger partial charge in [0.15, 0.2) is 0 Å². The minimum atomic E-state index is -2.79. The fourth-order valence-corrected chi connectivity index (χ4v) is 1.36. The smallest absolute Gasteiger partial charge is 0.387 e. The Morgan fingerprint density at radius 2 is 1.59 bits per heavy atom. The van der Waals surface area contributed by atoms with E-state index in [9.17, 15) is 8.78 Å². The standard InChI is InChI=1S/C12H17F2NO.ClH/c1-12(2,3)10(15)8-4-6-9(7-5-8)16-11(13)14;/h4-7,10-11H,15H2,1-3H3;1H/t10-;/m1./s1. The van der Waals surface area contributed by atoms with Crippen molar-refractivity contribution in [3.8, 4) is 5.75 Å². The minimum absolute atomic E-state index is 0. The van der Waals surface area contributed by atoms with E-state index < -0.39 is 6.61 Å². The van der Waals surface area contributed by atoms with E-state index in [1.54, 1.807) is 12.1 Å². The van der Waals surface area contributed by atoms with Crippen molar-refractivity contribution in [2.24, 2.45) is 11.1 Å². The van der Waals surface area contributed by atoms with Gasteiger partial charge in [-0.25, -0.2) is 0 Å². The van der Waals surface area contributed by atoms with Crippen LogP contribution >= 0.6 is 12.4 Å². The first kappa shape index (κ1) is 16.1. The number of rotatable bonds is 3. The Morgan fingerprint density at radius 3 is 1.94 bits per heavy atom. The SMILES string of the molecule is CC(C)(C)[C@H](N)c1ccc(OC(F)F)cc1.Cl. The molecule has 0 unspecified atom stereocenters. The van der Waals surface area contributed by atoms with Crippen LogP contribution in [0.4, 0.5) is 8.78 Å². The van der Waals surface area contributed by atoms with Gasteiger partial charge >= 0.3 is 6.61 Å². The molecular formula is C12H18ClF2NO. The molecule has 0 radical (unpaired) electrons.